The number of aryl methyl sites for hydroxylation is 2. The van der Waals surface area contributed by atoms with Crippen molar-refractivity contribution in [2.24, 2.45) is 7.05 Å². The number of aromatic amines is 1. The van der Waals surface area contributed by atoms with Gasteiger partial charge in [-0.05, 0) is 28.3 Å². The van der Waals surface area contributed by atoms with Crippen molar-refractivity contribution in [1.82, 2.24) is 35.3 Å². The van der Waals surface area contributed by atoms with Gasteiger partial charge >= 0.3 is 0 Å². The first-order chi connectivity index (χ1) is 17.7. The normalized spacial score (nSPS) is 14.3. The molecule has 36 heavy (non-hydrogen) atoms. The molecule has 1 N–H and O–H groups in total. The number of hydrogen-bond donors (Lipinski definition) is 1. The van der Waals surface area contributed by atoms with Gasteiger partial charge in [-0.15, -0.1) is 10.2 Å². The van der Waals surface area contributed by atoms with Crippen molar-refractivity contribution < 1.29 is 9.47 Å². The molecule has 0 bridgehead atoms. The van der Waals surface area contributed by atoms with Gasteiger partial charge in [0.15, 0.2) is 0 Å². The Bertz CT molecular complexity index is 1250. The lowest BCUT2D eigenvalue weighted by atomic mass is 9.96. The molecule has 0 unspecified atom stereocenters. The molecule has 188 valence electrons. The molecule has 5 rings (SSSR count). The molecule has 1 fully saturated rings. The monoisotopic (exact) mass is 487 g/mol. The van der Waals surface area contributed by atoms with Crippen molar-refractivity contribution >= 4 is 0 Å². The average Bonchev–Trinajstić information content (AvgIpc) is 3.55. The van der Waals surface area contributed by atoms with E-state index in [-0.39, 0.29) is 0 Å². The van der Waals surface area contributed by atoms with Crippen LogP contribution in [0, 0.1) is 0 Å². The van der Waals surface area contributed by atoms with Crippen molar-refractivity contribution in [1.29, 1.82) is 0 Å². The number of H-pyrrole nitrogens is 1. The van der Waals surface area contributed by atoms with Gasteiger partial charge in [-0.25, -0.2) is 4.68 Å². The summed E-state index contributed by atoms with van der Waals surface area (Å²) in [6, 6.07) is 16.8. The molecule has 0 radical (unpaired) electrons. The molecule has 9 heteroatoms. The number of tetrazole rings is 1. The maximum atomic E-state index is 6.32. The summed E-state index contributed by atoms with van der Waals surface area (Å²) in [5.41, 5.74) is 6.66. The fourth-order valence-corrected chi connectivity index (χ4v) is 4.71. The second kappa shape index (κ2) is 11.5. The first-order valence-electron chi connectivity index (χ1n) is 12.6. The zero-order valence-corrected chi connectivity index (χ0v) is 21.0. The van der Waals surface area contributed by atoms with Crippen molar-refractivity contribution in [3.8, 4) is 28.4 Å². The third-order valence-corrected chi connectivity index (χ3v) is 6.57. The van der Waals surface area contributed by atoms with E-state index >= 15 is 0 Å². The Labute approximate surface area is 211 Å². The zero-order chi connectivity index (χ0) is 24.7. The lowest BCUT2D eigenvalue weighted by molar-refractivity contribution is 0.0317. The van der Waals surface area contributed by atoms with Crippen molar-refractivity contribution in [3.63, 3.8) is 0 Å². The molecule has 3 heterocycles. The van der Waals surface area contributed by atoms with Gasteiger partial charge < -0.3 is 9.47 Å². The predicted octanol–water partition coefficient (Wildman–Crippen LogP) is 3.52. The molecule has 4 aromatic rings. The molecule has 9 nitrogen and oxygen atoms in total. The molecular formula is C27H33N7O2. The largest absolute Gasteiger partial charge is 0.476 e. The number of hydrogen-bond acceptors (Lipinski definition) is 7. The van der Waals surface area contributed by atoms with Crippen LogP contribution in [0.4, 0.5) is 0 Å². The minimum atomic E-state index is 0.591. The quantitative estimate of drug-likeness (QED) is 0.366. The summed E-state index contributed by atoms with van der Waals surface area (Å²) in [5, 5.41) is 19.4. The first kappa shape index (κ1) is 24.1. The summed E-state index contributed by atoms with van der Waals surface area (Å²) in [5.74, 6) is 1.46. The third-order valence-electron chi connectivity index (χ3n) is 6.57. The smallest absolute Gasteiger partial charge is 0.215 e. The Morgan fingerprint density at radius 3 is 2.53 bits per heavy atom. The van der Waals surface area contributed by atoms with E-state index in [0.717, 1.165) is 80.4 Å². The van der Waals surface area contributed by atoms with Gasteiger partial charge in [0, 0.05) is 44.2 Å². The maximum Gasteiger partial charge on any atom is 0.215 e. The van der Waals surface area contributed by atoms with Gasteiger partial charge in [-0.2, -0.15) is 10.3 Å². The Kier molecular flexibility index (Phi) is 7.68. The van der Waals surface area contributed by atoms with Gasteiger partial charge in [0.05, 0.1) is 18.9 Å². The number of morpholine rings is 1. The van der Waals surface area contributed by atoms with Gasteiger partial charge in [-0.3, -0.25) is 4.90 Å². The molecule has 0 spiro atoms. The highest BCUT2D eigenvalue weighted by molar-refractivity contribution is 5.80. The highest BCUT2D eigenvalue weighted by Gasteiger charge is 2.19. The summed E-state index contributed by atoms with van der Waals surface area (Å²) >= 11 is 0. The van der Waals surface area contributed by atoms with Crippen LogP contribution in [0.3, 0.4) is 0 Å². The fourth-order valence-electron chi connectivity index (χ4n) is 4.71. The first-order valence-corrected chi connectivity index (χ1v) is 12.6. The molecule has 2 aromatic carbocycles. The molecule has 0 aliphatic carbocycles. The number of rotatable bonds is 10. The van der Waals surface area contributed by atoms with Gasteiger partial charge in [0.2, 0.25) is 11.7 Å². The third kappa shape index (κ3) is 5.47. The van der Waals surface area contributed by atoms with Crippen LogP contribution >= 0.6 is 0 Å². The van der Waals surface area contributed by atoms with Crippen LogP contribution in [0.2, 0.25) is 0 Å². The average molecular weight is 488 g/mol. The van der Waals surface area contributed by atoms with Gasteiger partial charge in [0.1, 0.15) is 6.61 Å². The predicted molar refractivity (Wildman–Crippen MR) is 138 cm³/mol. The SMILES string of the molecule is CCCc1nn(C)c(OCCN2CCOCC2)c1Cc1ccc(-c2ccccc2-c2nn[nH]n2)cc1. The molecule has 1 aliphatic rings. The van der Waals surface area contributed by atoms with Gasteiger partial charge in [-0.1, -0.05) is 61.9 Å². The summed E-state index contributed by atoms with van der Waals surface area (Å²) in [6.45, 7) is 7.25. The molecule has 0 saturated carbocycles. The van der Waals surface area contributed by atoms with E-state index in [1.54, 1.807) is 0 Å². The van der Waals surface area contributed by atoms with Crippen molar-refractivity contribution in [3.05, 3.63) is 65.4 Å². The number of nitrogens with zero attached hydrogens (tertiary/aromatic N) is 6. The summed E-state index contributed by atoms with van der Waals surface area (Å²) < 4.78 is 13.7. The van der Waals surface area contributed by atoms with E-state index in [4.69, 9.17) is 14.6 Å². The Morgan fingerprint density at radius 1 is 1.03 bits per heavy atom. The van der Waals surface area contributed by atoms with Crippen LogP contribution in [-0.4, -0.2) is 74.8 Å². The summed E-state index contributed by atoms with van der Waals surface area (Å²) in [4.78, 5) is 2.39. The molecular weight excluding hydrogens is 454 g/mol. The number of ether oxygens (including phenoxy) is 2. The van der Waals surface area contributed by atoms with Crippen LogP contribution in [0.15, 0.2) is 48.5 Å². The van der Waals surface area contributed by atoms with E-state index in [1.165, 1.54) is 11.1 Å². The maximum absolute atomic E-state index is 6.32. The van der Waals surface area contributed by atoms with Crippen LogP contribution in [0.1, 0.15) is 30.2 Å². The molecule has 2 aromatic heterocycles. The highest BCUT2D eigenvalue weighted by Crippen LogP contribution is 2.31. The lowest BCUT2D eigenvalue weighted by Gasteiger charge is -2.26. The Balaban J connectivity index is 1.34. The van der Waals surface area contributed by atoms with Gasteiger partial charge in [0.25, 0.3) is 0 Å². The second-order valence-corrected chi connectivity index (χ2v) is 9.06. The minimum Gasteiger partial charge on any atom is -0.476 e. The standard InChI is InChI=1S/C27H33N7O2/c1-3-6-25-24(27(33(2)30-25)36-18-15-34-13-16-35-17-14-34)19-20-9-11-21(12-10-20)22-7-4-5-8-23(22)26-28-31-32-29-26/h4-5,7-12H,3,6,13-19H2,1-2H3,(H,28,29,31,32). The lowest BCUT2D eigenvalue weighted by Crippen LogP contribution is -2.38. The molecule has 1 aliphatic heterocycles. The van der Waals surface area contributed by atoms with E-state index in [2.05, 4.69) is 62.8 Å². The zero-order valence-electron chi connectivity index (χ0n) is 21.0. The summed E-state index contributed by atoms with van der Waals surface area (Å²) in [6.07, 6.45) is 2.76. The molecule has 0 amide bonds. The van der Waals surface area contributed by atoms with E-state index in [9.17, 15) is 0 Å². The fraction of sp³-hybridized carbons (Fsp3) is 0.407. The van der Waals surface area contributed by atoms with Crippen LogP contribution < -0.4 is 4.74 Å². The summed E-state index contributed by atoms with van der Waals surface area (Å²) in [7, 11) is 1.98. The number of benzene rings is 2. The van der Waals surface area contributed by atoms with Crippen molar-refractivity contribution in [2.75, 3.05) is 39.5 Å². The number of nitrogens with one attached hydrogen (secondary N) is 1. The highest BCUT2D eigenvalue weighted by atomic mass is 16.5. The van der Waals surface area contributed by atoms with Crippen molar-refractivity contribution in [2.45, 2.75) is 26.2 Å². The van der Waals surface area contributed by atoms with E-state index in [0.29, 0.717) is 12.4 Å². The van der Waals surface area contributed by atoms with E-state index < -0.39 is 0 Å². The Hall–Kier alpha value is -3.56. The number of aromatic nitrogens is 6. The van der Waals surface area contributed by atoms with Crippen LogP contribution in [-0.2, 0) is 24.6 Å². The van der Waals surface area contributed by atoms with Crippen LogP contribution in [0.25, 0.3) is 22.5 Å². The Morgan fingerprint density at radius 2 is 1.81 bits per heavy atom. The topological polar surface area (TPSA) is 94.0 Å². The van der Waals surface area contributed by atoms with E-state index in [1.807, 2.05) is 29.9 Å². The van der Waals surface area contributed by atoms with Crippen LogP contribution in [0.5, 0.6) is 5.88 Å². The molecule has 1 saturated heterocycles. The molecule has 0 atom stereocenters. The second-order valence-electron chi connectivity index (χ2n) is 9.06. The minimum absolute atomic E-state index is 0.591.